The zero-order valence-corrected chi connectivity index (χ0v) is 27.8. The first-order valence-electron chi connectivity index (χ1n) is 17.4. The Morgan fingerprint density at radius 1 is 0.373 bits per heavy atom. The molecule has 0 saturated carbocycles. The molecule has 2 heterocycles. The SMILES string of the molecule is c1ccc(-c2cccc(N(c3ccc(-c4cccc5c4oc4ccccc45)cc3)c3ccc(-n4c5ccccc5c5ccccc54)cc3)c2)cc1. The maximum absolute atomic E-state index is 6.39. The molecular weight excluding hydrogens is 621 g/mol. The summed E-state index contributed by atoms with van der Waals surface area (Å²) in [6.45, 7) is 0. The summed E-state index contributed by atoms with van der Waals surface area (Å²) in [5.41, 5.74) is 13.2. The zero-order chi connectivity index (χ0) is 33.7. The summed E-state index contributed by atoms with van der Waals surface area (Å²) in [4.78, 5) is 2.34. The summed E-state index contributed by atoms with van der Waals surface area (Å²) < 4.78 is 8.76. The van der Waals surface area contributed by atoms with Crippen LogP contribution in [-0.4, -0.2) is 4.57 Å². The van der Waals surface area contributed by atoms with Gasteiger partial charge in [-0.3, -0.25) is 0 Å². The number of fused-ring (bicyclic) bond motifs is 6. The fourth-order valence-corrected chi connectivity index (χ4v) is 7.62. The van der Waals surface area contributed by atoms with Gasteiger partial charge in [0.2, 0.25) is 0 Å². The predicted octanol–water partition coefficient (Wildman–Crippen LogP) is 13.5. The van der Waals surface area contributed by atoms with E-state index in [-0.39, 0.29) is 0 Å². The monoisotopic (exact) mass is 652 g/mol. The number of furan rings is 1. The van der Waals surface area contributed by atoms with Crippen molar-refractivity contribution in [1.29, 1.82) is 0 Å². The number of hydrogen-bond acceptors (Lipinski definition) is 2. The third kappa shape index (κ3) is 4.90. The van der Waals surface area contributed by atoms with Gasteiger partial charge in [-0.15, -0.1) is 0 Å². The molecule has 2 aromatic heterocycles. The smallest absolute Gasteiger partial charge is 0.143 e. The molecule has 0 aliphatic heterocycles. The van der Waals surface area contributed by atoms with Crippen LogP contribution in [0.5, 0.6) is 0 Å². The minimum Gasteiger partial charge on any atom is -0.455 e. The number of hydrogen-bond donors (Lipinski definition) is 0. The number of anilines is 3. The lowest BCUT2D eigenvalue weighted by atomic mass is 10.0. The fourth-order valence-electron chi connectivity index (χ4n) is 7.62. The number of para-hydroxylation sites is 4. The summed E-state index contributed by atoms with van der Waals surface area (Å²) in [5, 5.41) is 4.79. The third-order valence-electron chi connectivity index (χ3n) is 10.00. The highest BCUT2D eigenvalue weighted by molar-refractivity contribution is 6.10. The van der Waals surface area contributed by atoms with Gasteiger partial charge in [-0.05, 0) is 83.4 Å². The standard InChI is InChI=1S/C48H32N2O/c1-2-12-33(13-3-1)35-14-10-15-39(32-35)49(36-26-24-34(25-27-36)40-19-11-20-44-43-18-6-9-23-47(43)51-48(40)44)37-28-30-38(31-29-37)50-45-21-7-4-16-41(45)42-17-5-8-22-46(42)50/h1-32H. The quantitative estimate of drug-likeness (QED) is 0.178. The van der Waals surface area contributed by atoms with Gasteiger partial charge in [0, 0.05) is 49.9 Å². The van der Waals surface area contributed by atoms with E-state index in [2.05, 4.69) is 191 Å². The van der Waals surface area contributed by atoms with Gasteiger partial charge in [0.15, 0.2) is 0 Å². The summed E-state index contributed by atoms with van der Waals surface area (Å²) >= 11 is 0. The molecule has 0 spiro atoms. The summed E-state index contributed by atoms with van der Waals surface area (Å²) in [5.74, 6) is 0. The molecule has 3 heteroatoms. The second-order valence-corrected chi connectivity index (χ2v) is 13.0. The highest BCUT2D eigenvalue weighted by Crippen LogP contribution is 2.40. The van der Waals surface area contributed by atoms with Gasteiger partial charge in [-0.1, -0.05) is 127 Å². The molecule has 0 saturated heterocycles. The Morgan fingerprint density at radius 3 is 1.67 bits per heavy atom. The molecule has 0 N–H and O–H groups in total. The van der Waals surface area contributed by atoms with Gasteiger partial charge in [-0.25, -0.2) is 0 Å². The molecule has 0 fully saturated rings. The van der Waals surface area contributed by atoms with Crippen LogP contribution < -0.4 is 4.90 Å². The Labute approximate surface area is 295 Å². The van der Waals surface area contributed by atoms with Crippen molar-refractivity contribution < 1.29 is 4.42 Å². The van der Waals surface area contributed by atoms with Crippen molar-refractivity contribution in [2.45, 2.75) is 0 Å². The summed E-state index contributed by atoms with van der Waals surface area (Å²) in [6, 6.07) is 69.1. The second-order valence-electron chi connectivity index (χ2n) is 13.0. The minimum atomic E-state index is 0.908. The van der Waals surface area contributed by atoms with Crippen molar-refractivity contribution in [2.24, 2.45) is 0 Å². The molecule has 0 unspecified atom stereocenters. The first-order chi connectivity index (χ1) is 25.3. The lowest BCUT2D eigenvalue weighted by Gasteiger charge is -2.26. The molecule has 0 atom stereocenters. The molecule has 240 valence electrons. The van der Waals surface area contributed by atoms with E-state index in [1.807, 2.05) is 12.1 Å². The van der Waals surface area contributed by atoms with E-state index >= 15 is 0 Å². The van der Waals surface area contributed by atoms with Crippen molar-refractivity contribution >= 4 is 60.8 Å². The van der Waals surface area contributed by atoms with Crippen LogP contribution in [0.2, 0.25) is 0 Å². The van der Waals surface area contributed by atoms with Gasteiger partial charge >= 0.3 is 0 Å². The average molecular weight is 653 g/mol. The predicted molar refractivity (Wildman–Crippen MR) is 214 cm³/mol. The normalized spacial score (nSPS) is 11.5. The zero-order valence-electron chi connectivity index (χ0n) is 27.8. The molecule has 0 aliphatic carbocycles. The van der Waals surface area contributed by atoms with Crippen molar-refractivity contribution in [3.05, 3.63) is 194 Å². The molecule has 10 aromatic rings. The van der Waals surface area contributed by atoms with E-state index < -0.39 is 0 Å². The maximum atomic E-state index is 6.39. The number of aromatic nitrogens is 1. The van der Waals surface area contributed by atoms with E-state index in [4.69, 9.17) is 4.42 Å². The molecule has 8 aromatic carbocycles. The van der Waals surface area contributed by atoms with Gasteiger partial charge in [-0.2, -0.15) is 0 Å². The first-order valence-corrected chi connectivity index (χ1v) is 17.4. The van der Waals surface area contributed by atoms with Crippen LogP contribution in [0.4, 0.5) is 17.1 Å². The van der Waals surface area contributed by atoms with Crippen LogP contribution >= 0.6 is 0 Å². The third-order valence-corrected chi connectivity index (χ3v) is 10.00. The molecular formula is C48H32N2O. The Morgan fingerprint density at radius 2 is 0.941 bits per heavy atom. The minimum absolute atomic E-state index is 0.908. The van der Waals surface area contributed by atoms with Crippen LogP contribution in [0.25, 0.3) is 71.7 Å². The summed E-state index contributed by atoms with van der Waals surface area (Å²) in [7, 11) is 0. The Bertz CT molecular complexity index is 2790. The van der Waals surface area contributed by atoms with E-state index in [9.17, 15) is 0 Å². The Balaban J connectivity index is 1.09. The Kier molecular flexibility index (Phi) is 6.81. The number of rotatable bonds is 6. The lowest BCUT2D eigenvalue weighted by molar-refractivity contribution is 0.670. The van der Waals surface area contributed by atoms with Crippen LogP contribution in [0, 0.1) is 0 Å². The molecule has 0 bridgehead atoms. The van der Waals surface area contributed by atoms with Gasteiger partial charge in [0.1, 0.15) is 11.2 Å². The van der Waals surface area contributed by atoms with E-state index in [0.717, 1.165) is 55.8 Å². The number of nitrogens with zero attached hydrogens (tertiary/aromatic N) is 2. The van der Waals surface area contributed by atoms with Crippen LogP contribution in [0.1, 0.15) is 0 Å². The van der Waals surface area contributed by atoms with Crippen LogP contribution in [-0.2, 0) is 0 Å². The lowest BCUT2D eigenvalue weighted by Crippen LogP contribution is -2.10. The molecule has 3 nitrogen and oxygen atoms in total. The van der Waals surface area contributed by atoms with Crippen LogP contribution in [0.15, 0.2) is 199 Å². The Hall–Kier alpha value is -6.84. The first kappa shape index (κ1) is 29.1. The topological polar surface area (TPSA) is 21.3 Å². The molecule has 10 rings (SSSR count). The second kappa shape index (κ2) is 11.9. The average Bonchev–Trinajstić information content (AvgIpc) is 3.75. The highest BCUT2D eigenvalue weighted by atomic mass is 16.3. The number of benzene rings is 8. The van der Waals surface area contributed by atoms with Crippen molar-refractivity contribution in [1.82, 2.24) is 4.57 Å². The van der Waals surface area contributed by atoms with Crippen LogP contribution in [0.3, 0.4) is 0 Å². The van der Waals surface area contributed by atoms with E-state index in [1.54, 1.807) is 0 Å². The van der Waals surface area contributed by atoms with Gasteiger partial charge in [0.05, 0.1) is 11.0 Å². The molecule has 0 radical (unpaired) electrons. The molecule has 51 heavy (non-hydrogen) atoms. The van der Waals surface area contributed by atoms with Crippen molar-refractivity contribution in [2.75, 3.05) is 4.90 Å². The molecule has 0 aliphatic rings. The largest absolute Gasteiger partial charge is 0.455 e. The fraction of sp³-hybridized carbons (Fsp3) is 0. The van der Waals surface area contributed by atoms with Gasteiger partial charge in [0.25, 0.3) is 0 Å². The highest BCUT2D eigenvalue weighted by Gasteiger charge is 2.17. The van der Waals surface area contributed by atoms with Crippen molar-refractivity contribution in [3.8, 4) is 27.9 Å². The van der Waals surface area contributed by atoms with Gasteiger partial charge < -0.3 is 13.9 Å². The van der Waals surface area contributed by atoms with E-state index in [0.29, 0.717) is 0 Å². The maximum Gasteiger partial charge on any atom is 0.143 e. The van der Waals surface area contributed by atoms with Crippen molar-refractivity contribution in [3.63, 3.8) is 0 Å². The van der Waals surface area contributed by atoms with E-state index in [1.165, 1.54) is 32.9 Å². The molecule has 0 amide bonds. The summed E-state index contributed by atoms with van der Waals surface area (Å²) in [6.07, 6.45) is 0.